The molecule has 0 aliphatic rings. The van der Waals surface area contributed by atoms with Crippen molar-refractivity contribution in [3.63, 3.8) is 0 Å². The molecule has 0 fully saturated rings. The summed E-state index contributed by atoms with van der Waals surface area (Å²) in [6, 6.07) is 5.89. The molecule has 6 heteroatoms. The maximum atomic E-state index is 11.9. The third kappa shape index (κ3) is 4.10. The van der Waals surface area contributed by atoms with Gasteiger partial charge < -0.3 is 5.32 Å². The van der Waals surface area contributed by atoms with Crippen molar-refractivity contribution in [3.05, 3.63) is 29.8 Å². The molecule has 0 aromatic heterocycles. The average molecular weight is 334 g/mol. The van der Waals surface area contributed by atoms with Crippen LogP contribution in [0.1, 0.15) is 24.2 Å². The number of halogens is 1. The highest BCUT2D eigenvalue weighted by Crippen LogP contribution is 2.12. The van der Waals surface area contributed by atoms with Gasteiger partial charge in [0.2, 0.25) is 0 Å². The van der Waals surface area contributed by atoms with Gasteiger partial charge in [-0.1, -0.05) is 15.9 Å². The summed E-state index contributed by atoms with van der Waals surface area (Å²) in [5.41, 5.74) is 0.0866. The van der Waals surface area contributed by atoms with E-state index in [1.807, 2.05) is 13.8 Å². The summed E-state index contributed by atoms with van der Waals surface area (Å²) in [7, 11) is -3.22. The van der Waals surface area contributed by atoms with E-state index in [4.69, 9.17) is 0 Å². The molecule has 0 aliphatic carbocycles. The molecule has 18 heavy (non-hydrogen) atoms. The molecule has 100 valence electrons. The highest BCUT2D eigenvalue weighted by molar-refractivity contribution is 9.09. The van der Waals surface area contributed by atoms with Crippen molar-refractivity contribution < 1.29 is 13.2 Å². The maximum absolute atomic E-state index is 11.9. The van der Waals surface area contributed by atoms with E-state index in [0.29, 0.717) is 10.9 Å². The molecule has 0 saturated carbocycles. The van der Waals surface area contributed by atoms with Crippen molar-refractivity contribution in [1.82, 2.24) is 5.32 Å². The Morgan fingerprint density at radius 1 is 1.28 bits per heavy atom. The number of carbonyl (C=O) groups is 1. The molecule has 4 nitrogen and oxygen atoms in total. The number of rotatable bonds is 4. The molecule has 0 spiro atoms. The minimum absolute atomic E-state index is 0.207. The van der Waals surface area contributed by atoms with E-state index in [0.717, 1.165) is 6.26 Å². The molecule has 1 rings (SSSR count). The highest BCUT2D eigenvalue weighted by Gasteiger charge is 2.19. The lowest BCUT2D eigenvalue weighted by molar-refractivity contribution is 0.0921. The molecular formula is C12H16BrNO3S. The van der Waals surface area contributed by atoms with E-state index in [1.165, 1.54) is 24.3 Å². The molecule has 0 saturated heterocycles. The van der Waals surface area contributed by atoms with Crippen LogP contribution in [-0.2, 0) is 9.84 Å². The van der Waals surface area contributed by atoms with Crippen LogP contribution in [0.2, 0.25) is 0 Å². The second kappa shape index (κ2) is 5.40. The van der Waals surface area contributed by atoms with Crippen LogP contribution < -0.4 is 5.32 Å². The van der Waals surface area contributed by atoms with Gasteiger partial charge in [-0.15, -0.1) is 0 Å². The summed E-state index contributed by atoms with van der Waals surface area (Å²) in [5.74, 6) is -0.223. The van der Waals surface area contributed by atoms with Crippen LogP contribution in [-0.4, -0.2) is 31.4 Å². The minimum Gasteiger partial charge on any atom is -0.346 e. The largest absolute Gasteiger partial charge is 0.346 e. The Kier molecular flexibility index (Phi) is 4.55. The van der Waals surface area contributed by atoms with Crippen molar-refractivity contribution in [2.45, 2.75) is 24.3 Å². The lowest BCUT2D eigenvalue weighted by Gasteiger charge is -2.23. The molecule has 0 heterocycles. The van der Waals surface area contributed by atoms with E-state index in [1.54, 1.807) is 0 Å². The molecule has 1 amide bonds. The molecule has 0 unspecified atom stereocenters. The summed E-state index contributed by atoms with van der Waals surface area (Å²) < 4.78 is 22.6. The smallest absolute Gasteiger partial charge is 0.251 e. The van der Waals surface area contributed by atoms with Crippen LogP contribution in [0.4, 0.5) is 0 Å². The monoisotopic (exact) mass is 333 g/mol. The predicted octanol–water partition coefficient (Wildman–Crippen LogP) is 1.99. The lowest BCUT2D eigenvalue weighted by Crippen LogP contribution is -2.44. The fourth-order valence-corrected chi connectivity index (χ4v) is 2.04. The number of nitrogens with one attached hydrogen (secondary N) is 1. The molecular weight excluding hydrogens is 318 g/mol. The number of hydrogen-bond acceptors (Lipinski definition) is 3. The van der Waals surface area contributed by atoms with Crippen molar-refractivity contribution in [3.8, 4) is 0 Å². The van der Waals surface area contributed by atoms with Crippen molar-refractivity contribution in [2.75, 3.05) is 11.6 Å². The number of benzene rings is 1. The topological polar surface area (TPSA) is 63.2 Å². The van der Waals surface area contributed by atoms with Gasteiger partial charge in [0.1, 0.15) is 0 Å². The Hall–Kier alpha value is -0.880. The van der Waals surface area contributed by atoms with E-state index in [9.17, 15) is 13.2 Å². The van der Waals surface area contributed by atoms with Gasteiger partial charge in [-0.3, -0.25) is 4.79 Å². The number of sulfone groups is 1. The van der Waals surface area contributed by atoms with Gasteiger partial charge in [-0.2, -0.15) is 0 Å². The zero-order valence-corrected chi connectivity index (χ0v) is 12.9. The van der Waals surface area contributed by atoms with Crippen LogP contribution >= 0.6 is 15.9 Å². The third-order valence-electron chi connectivity index (χ3n) is 2.33. The zero-order valence-electron chi connectivity index (χ0n) is 10.5. The number of alkyl halides is 1. The van der Waals surface area contributed by atoms with Crippen LogP contribution in [0, 0.1) is 0 Å². The quantitative estimate of drug-likeness (QED) is 0.857. The highest BCUT2D eigenvalue weighted by atomic mass is 79.9. The molecule has 0 bridgehead atoms. The SMILES string of the molecule is CC(C)(CBr)NC(=O)c1ccc(S(C)(=O)=O)cc1. The molecule has 1 aromatic carbocycles. The van der Waals surface area contributed by atoms with Gasteiger partial charge in [0, 0.05) is 22.7 Å². The number of carbonyl (C=O) groups excluding carboxylic acids is 1. The Bertz CT molecular complexity index is 535. The summed E-state index contributed by atoms with van der Waals surface area (Å²) in [6.45, 7) is 3.79. The van der Waals surface area contributed by atoms with E-state index >= 15 is 0 Å². The van der Waals surface area contributed by atoms with Crippen molar-refractivity contribution in [2.24, 2.45) is 0 Å². The van der Waals surface area contributed by atoms with Gasteiger partial charge >= 0.3 is 0 Å². The van der Waals surface area contributed by atoms with Gasteiger partial charge in [0.05, 0.1) is 4.90 Å². The Morgan fingerprint density at radius 2 is 1.78 bits per heavy atom. The van der Waals surface area contributed by atoms with E-state index in [2.05, 4.69) is 21.2 Å². The number of amides is 1. The first-order valence-corrected chi connectivity index (χ1v) is 8.35. The Morgan fingerprint density at radius 3 is 2.17 bits per heavy atom. The summed E-state index contributed by atoms with van der Waals surface area (Å²) in [5, 5.41) is 3.48. The maximum Gasteiger partial charge on any atom is 0.251 e. The second-order valence-electron chi connectivity index (χ2n) is 4.77. The Labute approximate surface area is 116 Å². The summed E-state index contributed by atoms with van der Waals surface area (Å²) in [6.07, 6.45) is 1.13. The first-order valence-electron chi connectivity index (χ1n) is 5.34. The molecule has 0 aliphatic heterocycles. The lowest BCUT2D eigenvalue weighted by atomic mass is 10.1. The minimum atomic E-state index is -3.22. The normalized spacial score (nSPS) is 12.2. The second-order valence-corrected chi connectivity index (χ2v) is 7.34. The molecule has 0 radical (unpaired) electrons. The molecule has 0 atom stereocenters. The van der Waals surface area contributed by atoms with Crippen LogP contribution in [0.15, 0.2) is 29.2 Å². The van der Waals surface area contributed by atoms with Crippen molar-refractivity contribution in [1.29, 1.82) is 0 Å². The molecule has 1 N–H and O–H groups in total. The van der Waals surface area contributed by atoms with Gasteiger partial charge in [-0.25, -0.2) is 8.42 Å². The van der Waals surface area contributed by atoms with Crippen LogP contribution in [0.25, 0.3) is 0 Å². The van der Waals surface area contributed by atoms with E-state index < -0.39 is 9.84 Å². The van der Waals surface area contributed by atoms with E-state index in [-0.39, 0.29) is 16.3 Å². The average Bonchev–Trinajstić information content (AvgIpc) is 2.27. The standard InChI is InChI=1S/C12H16BrNO3S/c1-12(2,8-13)14-11(15)9-4-6-10(7-5-9)18(3,16)17/h4-7H,8H2,1-3H3,(H,14,15). The first-order chi connectivity index (χ1) is 8.15. The first kappa shape index (κ1) is 15.2. The Balaban J connectivity index is 2.90. The van der Waals surface area contributed by atoms with Gasteiger partial charge in [0.25, 0.3) is 5.91 Å². The van der Waals surface area contributed by atoms with Crippen LogP contribution in [0.3, 0.4) is 0 Å². The predicted molar refractivity (Wildman–Crippen MR) is 74.9 cm³/mol. The van der Waals surface area contributed by atoms with Gasteiger partial charge in [-0.05, 0) is 38.1 Å². The van der Waals surface area contributed by atoms with Crippen molar-refractivity contribution >= 4 is 31.7 Å². The summed E-state index contributed by atoms with van der Waals surface area (Å²) >= 11 is 3.32. The molecule has 1 aromatic rings. The third-order valence-corrected chi connectivity index (χ3v) is 4.86. The zero-order chi connectivity index (χ0) is 14.0. The number of hydrogen-bond donors (Lipinski definition) is 1. The van der Waals surface area contributed by atoms with Gasteiger partial charge in [0.15, 0.2) is 9.84 Å². The fraction of sp³-hybridized carbons (Fsp3) is 0.417. The van der Waals surface area contributed by atoms with Crippen LogP contribution in [0.5, 0.6) is 0 Å². The summed E-state index contributed by atoms with van der Waals surface area (Å²) in [4.78, 5) is 12.1. The fourth-order valence-electron chi connectivity index (χ4n) is 1.27.